The van der Waals surface area contributed by atoms with Crippen LogP contribution in [0, 0.1) is 6.92 Å². The number of rotatable bonds is 3. The fourth-order valence-corrected chi connectivity index (χ4v) is 3.17. The van der Waals surface area contributed by atoms with E-state index in [9.17, 15) is 9.90 Å². The second-order valence-electron chi connectivity index (χ2n) is 6.29. The van der Waals surface area contributed by atoms with E-state index in [0.717, 1.165) is 37.3 Å². The number of benzene rings is 1. The number of piperazine rings is 1. The first-order valence-corrected chi connectivity index (χ1v) is 8.29. The Kier molecular flexibility index (Phi) is 4.69. The van der Waals surface area contributed by atoms with Crippen molar-refractivity contribution < 1.29 is 9.90 Å². The number of aromatic nitrogens is 1. The fraction of sp³-hybridized carbons (Fsp3) is 0.368. The van der Waals surface area contributed by atoms with Crippen molar-refractivity contribution in [3.8, 4) is 5.75 Å². The van der Waals surface area contributed by atoms with Gasteiger partial charge in [-0.3, -0.25) is 9.78 Å². The highest BCUT2D eigenvalue weighted by atomic mass is 16.3. The Balaban J connectivity index is 1.63. The molecule has 1 N–H and O–H groups in total. The SMILES string of the molecule is Cc1cnccc1N1CCN(C(=O)[C@H](C)c2ccc(O)cc2)CC1. The Morgan fingerprint density at radius 2 is 1.79 bits per heavy atom. The Morgan fingerprint density at radius 1 is 1.12 bits per heavy atom. The zero-order valence-corrected chi connectivity index (χ0v) is 14.1. The maximum Gasteiger partial charge on any atom is 0.229 e. The van der Waals surface area contributed by atoms with E-state index < -0.39 is 0 Å². The first-order chi connectivity index (χ1) is 11.6. The van der Waals surface area contributed by atoms with Crippen LogP contribution in [0.3, 0.4) is 0 Å². The number of hydrogen-bond donors (Lipinski definition) is 1. The molecule has 0 bridgehead atoms. The molecule has 1 aliphatic rings. The quantitative estimate of drug-likeness (QED) is 0.942. The first-order valence-electron chi connectivity index (χ1n) is 8.29. The third-order valence-corrected chi connectivity index (χ3v) is 4.69. The van der Waals surface area contributed by atoms with Crippen molar-refractivity contribution in [1.82, 2.24) is 9.88 Å². The van der Waals surface area contributed by atoms with Crippen LogP contribution in [0.5, 0.6) is 5.75 Å². The van der Waals surface area contributed by atoms with Crippen LogP contribution in [0.1, 0.15) is 24.0 Å². The van der Waals surface area contributed by atoms with Crippen LogP contribution in [0.25, 0.3) is 0 Å². The molecule has 2 aromatic rings. The van der Waals surface area contributed by atoms with Crippen molar-refractivity contribution in [3.05, 3.63) is 53.9 Å². The molecule has 126 valence electrons. The average molecular weight is 325 g/mol. The summed E-state index contributed by atoms with van der Waals surface area (Å²) in [5.41, 5.74) is 3.30. The number of anilines is 1. The van der Waals surface area contributed by atoms with E-state index in [4.69, 9.17) is 0 Å². The van der Waals surface area contributed by atoms with Gasteiger partial charge in [-0.25, -0.2) is 0 Å². The molecule has 5 heteroatoms. The van der Waals surface area contributed by atoms with Gasteiger partial charge in [0.05, 0.1) is 5.92 Å². The number of aromatic hydroxyl groups is 1. The van der Waals surface area contributed by atoms with Crippen molar-refractivity contribution in [2.75, 3.05) is 31.1 Å². The maximum absolute atomic E-state index is 12.7. The van der Waals surface area contributed by atoms with Gasteiger partial charge in [-0.1, -0.05) is 12.1 Å². The van der Waals surface area contributed by atoms with E-state index in [0.29, 0.717) is 0 Å². The lowest BCUT2D eigenvalue weighted by Crippen LogP contribution is -2.50. The zero-order chi connectivity index (χ0) is 17.1. The molecule has 1 amide bonds. The number of nitrogens with zero attached hydrogens (tertiary/aromatic N) is 3. The number of aryl methyl sites for hydroxylation is 1. The molecule has 0 unspecified atom stereocenters. The highest BCUT2D eigenvalue weighted by Crippen LogP contribution is 2.23. The number of amides is 1. The predicted octanol–water partition coefficient (Wildman–Crippen LogP) is 2.55. The summed E-state index contributed by atoms with van der Waals surface area (Å²) in [5, 5.41) is 9.38. The van der Waals surface area contributed by atoms with E-state index in [1.165, 1.54) is 5.69 Å². The average Bonchev–Trinajstić information content (AvgIpc) is 2.62. The summed E-state index contributed by atoms with van der Waals surface area (Å²) in [6.07, 6.45) is 3.69. The molecule has 1 aliphatic heterocycles. The molecular weight excluding hydrogens is 302 g/mol. The van der Waals surface area contributed by atoms with Crippen molar-refractivity contribution in [1.29, 1.82) is 0 Å². The number of carbonyl (C=O) groups excluding carboxylic acids is 1. The molecule has 1 atom stereocenters. The topological polar surface area (TPSA) is 56.7 Å². The Labute approximate surface area is 142 Å². The largest absolute Gasteiger partial charge is 0.508 e. The van der Waals surface area contributed by atoms with Crippen molar-refractivity contribution in [3.63, 3.8) is 0 Å². The van der Waals surface area contributed by atoms with Gasteiger partial charge in [0, 0.05) is 44.3 Å². The summed E-state index contributed by atoms with van der Waals surface area (Å²) in [7, 11) is 0. The Morgan fingerprint density at radius 3 is 2.42 bits per heavy atom. The Bertz CT molecular complexity index is 707. The van der Waals surface area contributed by atoms with Crippen molar-refractivity contribution >= 4 is 11.6 Å². The van der Waals surface area contributed by atoms with Gasteiger partial charge < -0.3 is 14.9 Å². The number of pyridine rings is 1. The monoisotopic (exact) mass is 325 g/mol. The maximum atomic E-state index is 12.7. The molecule has 1 aromatic heterocycles. The number of hydrogen-bond acceptors (Lipinski definition) is 4. The third-order valence-electron chi connectivity index (χ3n) is 4.69. The fourth-order valence-electron chi connectivity index (χ4n) is 3.17. The lowest BCUT2D eigenvalue weighted by molar-refractivity contribution is -0.132. The van der Waals surface area contributed by atoms with E-state index in [1.807, 2.05) is 42.4 Å². The number of carbonyl (C=O) groups is 1. The van der Waals surface area contributed by atoms with Crippen LogP contribution in [0.2, 0.25) is 0 Å². The summed E-state index contributed by atoms with van der Waals surface area (Å²) < 4.78 is 0. The van der Waals surface area contributed by atoms with Crippen LogP contribution in [-0.4, -0.2) is 47.1 Å². The number of phenolic OH excluding ortho intramolecular Hbond substituents is 1. The molecular formula is C19H23N3O2. The molecule has 1 saturated heterocycles. The molecule has 0 saturated carbocycles. The summed E-state index contributed by atoms with van der Waals surface area (Å²) >= 11 is 0. The van der Waals surface area contributed by atoms with Crippen LogP contribution >= 0.6 is 0 Å². The van der Waals surface area contributed by atoms with Gasteiger partial charge in [0.1, 0.15) is 5.75 Å². The third kappa shape index (κ3) is 3.35. The second kappa shape index (κ2) is 6.91. The highest BCUT2D eigenvalue weighted by molar-refractivity contribution is 5.83. The van der Waals surface area contributed by atoms with E-state index in [-0.39, 0.29) is 17.6 Å². The number of phenols is 1. The predicted molar refractivity (Wildman–Crippen MR) is 94.3 cm³/mol. The lowest BCUT2D eigenvalue weighted by Gasteiger charge is -2.37. The van der Waals surface area contributed by atoms with Gasteiger partial charge in [-0.2, -0.15) is 0 Å². The zero-order valence-electron chi connectivity index (χ0n) is 14.1. The highest BCUT2D eigenvalue weighted by Gasteiger charge is 2.26. The van der Waals surface area contributed by atoms with Crippen LogP contribution in [-0.2, 0) is 4.79 Å². The normalized spacial score (nSPS) is 16.1. The van der Waals surface area contributed by atoms with Gasteiger partial charge in [-0.05, 0) is 43.2 Å². The second-order valence-corrected chi connectivity index (χ2v) is 6.29. The summed E-state index contributed by atoms with van der Waals surface area (Å²) in [4.78, 5) is 21.1. The molecule has 24 heavy (non-hydrogen) atoms. The molecule has 0 radical (unpaired) electrons. The molecule has 1 fully saturated rings. The standard InChI is InChI=1S/C19H23N3O2/c1-14-13-20-8-7-18(14)21-9-11-22(12-10-21)19(24)15(2)16-3-5-17(23)6-4-16/h3-8,13,15,23H,9-12H2,1-2H3/t15-/m1/s1. The van der Waals surface area contributed by atoms with Crippen molar-refractivity contribution in [2.24, 2.45) is 0 Å². The van der Waals surface area contributed by atoms with Crippen LogP contribution in [0.4, 0.5) is 5.69 Å². The van der Waals surface area contributed by atoms with E-state index in [2.05, 4.69) is 16.8 Å². The van der Waals surface area contributed by atoms with Gasteiger partial charge >= 0.3 is 0 Å². The molecule has 0 spiro atoms. The van der Waals surface area contributed by atoms with E-state index >= 15 is 0 Å². The van der Waals surface area contributed by atoms with Crippen LogP contribution in [0.15, 0.2) is 42.7 Å². The van der Waals surface area contributed by atoms with Gasteiger partial charge in [0.25, 0.3) is 0 Å². The van der Waals surface area contributed by atoms with Gasteiger partial charge in [0.2, 0.25) is 5.91 Å². The minimum absolute atomic E-state index is 0.145. The minimum atomic E-state index is -0.195. The van der Waals surface area contributed by atoms with Crippen molar-refractivity contribution in [2.45, 2.75) is 19.8 Å². The Hall–Kier alpha value is -2.56. The molecule has 3 rings (SSSR count). The molecule has 0 aliphatic carbocycles. The molecule has 2 heterocycles. The molecule has 1 aromatic carbocycles. The summed E-state index contributed by atoms with van der Waals surface area (Å²) in [6.45, 7) is 7.10. The summed E-state index contributed by atoms with van der Waals surface area (Å²) in [5.74, 6) is 0.173. The first kappa shape index (κ1) is 16.3. The summed E-state index contributed by atoms with van der Waals surface area (Å²) in [6, 6.07) is 8.92. The minimum Gasteiger partial charge on any atom is -0.508 e. The van der Waals surface area contributed by atoms with Gasteiger partial charge in [-0.15, -0.1) is 0 Å². The van der Waals surface area contributed by atoms with E-state index in [1.54, 1.807) is 12.1 Å². The van der Waals surface area contributed by atoms with Crippen LogP contribution < -0.4 is 4.90 Å². The smallest absolute Gasteiger partial charge is 0.229 e. The lowest BCUT2D eigenvalue weighted by atomic mass is 9.99. The molecule has 5 nitrogen and oxygen atoms in total. The van der Waals surface area contributed by atoms with Gasteiger partial charge in [0.15, 0.2) is 0 Å².